The van der Waals surface area contributed by atoms with E-state index in [0.29, 0.717) is 11.4 Å². The molecule has 0 atom stereocenters. The maximum absolute atomic E-state index is 12.2. The van der Waals surface area contributed by atoms with Gasteiger partial charge in [-0.3, -0.25) is 0 Å². The molecule has 0 unspecified atom stereocenters. The van der Waals surface area contributed by atoms with Crippen molar-refractivity contribution < 1.29 is 23.8 Å². The van der Waals surface area contributed by atoms with Crippen LogP contribution in [-0.4, -0.2) is 42.0 Å². The van der Waals surface area contributed by atoms with Gasteiger partial charge in [0.05, 0.1) is 20.3 Å². The highest BCUT2D eigenvalue weighted by Crippen LogP contribution is 2.24. The van der Waals surface area contributed by atoms with Crippen LogP contribution in [0, 0.1) is 0 Å². The minimum absolute atomic E-state index is 0.0285. The van der Waals surface area contributed by atoms with Gasteiger partial charge in [0.25, 0.3) is 0 Å². The highest BCUT2D eigenvalue weighted by atomic mass is 16.5. The Bertz CT molecular complexity index is 708. The Hall–Kier alpha value is -2.83. The molecular formula is C16H18N2O5. The number of para-hydroxylation sites is 2. The molecule has 23 heavy (non-hydrogen) atoms. The summed E-state index contributed by atoms with van der Waals surface area (Å²) in [6.07, 6.45) is 0. The third-order valence-electron chi connectivity index (χ3n) is 2.99. The summed E-state index contributed by atoms with van der Waals surface area (Å²) in [4.78, 5) is 24.1. The molecule has 2 rings (SSSR count). The molecule has 1 aromatic heterocycles. The number of nitrogens with zero attached hydrogens (tertiary/aromatic N) is 2. The van der Waals surface area contributed by atoms with E-state index in [9.17, 15) is 9.59 Å². The summed E-state index contributed by atoms with van der Waals surface area (Å²) in [5, 5.41) is 4.17. The molecular weight excluding hydrogens is 300 g/mol. The van der Waals surface area contributed by atoms with Crippen LogP contribution in [0.1, 0.15) is 34.8 Å². The molecule has 0 aliphatic carbocycles. The second-order valence-corrected chi connectivity index (χ2v) is 4.44. The SMILES string of the molecule is CCOC(=O)c1cc(C(=O)OCC)n(-c2ccccc2OC)n1. The summed E-state index contributed by atoms with van der Waals surface area (Å²) in [6.45, 7) is 3.83. The van der Waals surface area contributed by atoms with Crippen molar-refractivity contribution in [1.82, 2.24) is 9.78 Å². The Morgan fingerprint density at radius 2 is 1.74 bits per heavy atom. The lowest BCUT2D eigenvalue weighted by Gasteiger charge is -2.10. The predicted octanol–water partition coefficient (Wildman–Crippen LogP) is 2.23. The number of hydrogen-bond acceptors (Lipinski definition) is 6. The third-order valence-corrected chi connectivity index (χ3v) is 2.99. The van der Waals surface area contributed by atoms with E-state index in [1.165, 1.54) is 17.9 Å². The van der Waals surface area contributed by atoms with Crippen molar-refractivity contribution >= 4 is 11.9 Å². The van der Waals surface area contributed by atoms with Crippen LogP contribution in [0.15, 0.2) is 30.3 Å². The highest BCUT2D eigenvalue weighted by molar-refractivity contribution is 5.94. The monoisotopic (exact) mass is 318 g/mol. The summed E-state index contributed by atoms with van der Waals surface area (Å²) < 4.78 is 16.6. The smallest absolute Gasteiger partial charge is 0.358 e. The molecule has 0 bridgehead atoms. The van der Waals surface area contributed by atoms with Crippen molar-refractivity contribution in [2.45, 2.75) is 13.8 Å². The predicted molar refractivity (Wildman–Crippen MR) is 82.0 cm³/mol. The molecule has 0 saturated heterocycles. The largest absolute Gasteiger partial charge is 0.494 e. The number of carbonyl (C=O) groups excluding carboxylic acids is 2. The molecule has 0 N–H and O–H groups in total. The van der Waals surface area contributed by atoms with Gasteiger partial charge in [-0.1, -0.05) is 12.1 Å². The van der Waals surface area contributed by atoms with Gasteiger partial charge in [-0.05, 0) is 26.0 Å². The van der Waals surface area contributed by atoms with E-state index in [0.717, 1.165) is 0 Å². The average Bonchev–Trinajstić information content (AvgIpc) is 3.00. The zero-order valence-electron chi connectivity index (χ0n) is 13.2. The Morgan fingerprint density at radius 3 is 2.39 bits per heavy atom. The molecule has 1 heterocycles. The van der Waals surface area contributed by atoms with Crippen molar-refractivity contribution in [3.8, 4) is 11.4 Å². The minimum Gasteiger partial charge on any atom is -0.494 e. The molecule has 0 saturated carbocycles. The zero-order valence-corrected chi connectivity index (χ0v) is 13.2. The Labute approximate surface area is 133 Å². The fourth-order valence-electron chi connectivity index (χ4n) is 2.02. The van der Waals surface area contributed by atoms with Crippen LogP contribution in [0.25, 0.3) is 5.69 Å². The summed E-state index contributed by atoms with van der Waals surface area (Å²) >= 11 is 0. The Morgan fingerprint density at radius 1 is 1.09 bits per heavy atom. The third kappa shape index (κ3) is 3.50. The van der Waals surface area contributed by atoms with Crippen molar-refractivity contribution in [1.29, 1.82) is 0 Å². The van der Waals surface area contributed by atoms with Gasteiger partial charge in [-0.2, -0.15) is 5.10 Å². The normalized spacial score (nSPS) is 10.2. The van der Waals surface area contributed by atoms with E-state index in [2.05, 4.69) is 5.10 Å². The fourth-order valence-corrected chi connectivity index (χ4v) is 2.02. The number of hydrogen-bond donors (Lipinski definition) is 0. The lowest BCUT2D eigenvalue weighted by molar-refractivity contribution is 0.0509. The van der Waals surface area contributed by atoms with Gasteiger partial charge in [0.2, 0.25) is 0 Å². The fraction of sp³-hybridized carbons (Fsp3) is 0.312. The van der Waals surface area contributed by atoms with E-state index in [-0.39, 0.29) is 24.6 Å². The molecule has 0 radical (unpaired) electrons. The van der Waals surface area contributed by atoms with Gasteiger partial charge in [-0.15, -0.1) is 0 Å². The molecule has 0 amide bonds. The number of esters is 2. The first-order valence-electron chi connectivity index (χ1n) is 7.20. The van der Waals surface area contributed by atoms with Gasteiger partial charge in [-0.25, -0.2) is 14.3 Å². The molecule has 7 heteroatoms. The zero-order chi connectivity index (χ0) is 16.8. The highest BCUT2D eigenvalue weighted by Gasteiger charge is 2.23. The maximum Gasteiger partial charge on any atom is 0.358 e. The Balaban J connectivity index is 2.55. The summed E-state index contributed by atoms with van der Waals surface area (Å²) in [6, 6.07) is 8.38. The van der Waals surface area contributed by atoms with Crippen molar-refractivity contribution in [2.24, 2.45) is 0 Å². The van der Waals surface area contributed by atoms with Gasteiger partial charge < -0.3 is 14.2 Å². The lowest BCUT2D eigenvalue weighted by atomic mass is 10.3. The number of ether oxygens (including phenoxy) is 3. The number of rotatable bonds is 6. The van der Waals surface area contributed by atoms with Crippen LogP contribution < -0.4 is 4.74 Å². The van der Waals surface area contributed by atoms with Crippen molar-refractivity contribution in [3.05, 3.63) is 41.7 Å². The van der Waals surface area contributed by atoms with Crippen LogP contribution >= 0.6 is 0 Å². The molecule has 0 spiro atoms. The minimum atomic E-state index is -0.605. The van der Waals surface area contributed by atoms with Crippen LogP contribution in [-0.2, 0) is 9.47 Å². The van der Waals surface area contributed by atoms with Crippen LogP contribution in [0.3, 0.4) is 0 Å². The number of carbonyl (C=O) groups is 2. The van der Waals surface area contributed by atoms with Gasteiger partial charge in [0.1, 0.15) is 11.4 Å². The Kier molecular flexibility index (Phi) is 5.35. The van der Waals surface area contributed by atoms with E-state index in [4.69, 9.17) is 14.2 Å². The topological polar surface area (TPSA) is 79.7 Å². The maximum atomic E-state index is 12.2. The molecule has 2 aromatic rings. The van der Waals surface area contributed by atoms with Crippen LogP contribution in [0.2, 0.25) is 0 Å². The van der Waals surface area contributed by atoms with E-state index >= 15 is 0 Å². The van der Waals surface area contributed by atoms with Gasteiger partial charge in [0.15, 0.2) is 11.4 Å². The van der Waals surface area contributed by atoms with E-state index < -0.39 is 11.9 Å². The molecule has 0 aliphatic rings. The average molecular weight is 318 g/mol. The van der Waals surface area contributed by atoms with E-state index in [1.807, 2.05) is 0 Å². The molecule has 7 nitrogen and oxygen atoms in total. The number of benzene rings is 1. The quantitative estimate of drug-likeness (QED) is 0.760. The second kappa shape index (κ2) is 7.44. The lowest BCUT2D eigenvalue weighted by Crippen LogP contribution is -2.12. The second-order valence-electron chi connectivity index (χ2n) is 4.44. The molecule has 1 aromatic carbocycles. The molecule has 0 aliphatic heterocycles. The number of aromatic nitrogens is 2. The summed E-state index contributed by atoms with van der Waals surface area (Å²) in [5.74, 6) is -0.676. The van der Waals surface area contributed by atoms with Crippen molar-refractivity contribution in [2.75, 3.05) is 20.3 Å². The van der Waals surface area contributed by atoms with Gasteiger partial charge >= 0.3 is 11.9 Å². The first-order valence-corrected chi connectivity index (χ1v) is 7.20. The molecule has 0 fully saturated rings. The van der Waals surface area contributed by atoms with Crippen LogP contribution in [0.5, 0.6) is 5.75 Å². The van der Waals surface area contributed by atoms with Crippen LogP contribution in [0.4, 0.5) is 0 Å². The van der Waals surface area contributed by atoms with Crippen molar-refractivity contribution in [3.63, 3.8) is 0 Å². The summed E-state index contributed by atoms with van der Waals surface area (Å²) in [5.41, 5.74) is 0.675. The first-order chi connectivity index (χ1) is 11.1. The molecule has 122 valence electrons. The summed E-state index contributed by atoms with van der Waals surface area (Å²) in [7, 11) is 1.51. The van der Waals surface area contributed by atoms with E-state index in [1.54, 1.807) is 38.1 Å². The van der Waals surface area contributed by atoms with Gasteiger partial charge in [0, 0.05) is 6.07 Å². The standard InChI is InChI=1S/C16H18N2O5/c1-4-22-15(19)11-10-13(16(20)23-5-2)18(17-11)12-8-6-7-9-14(12)21-3/h6-10H,4-5H2,1-3H3. The first kappa shape index (κ1) is 16.5. The number of methoxy groups -OCH3 is 1.